The van der Waals surface area contributed by atoms with E-state index in [2.05, 4.69) is 21.2 Å². The minimum atomic E-state index is -1.13. The van der Waals surface area contributed by atoms with Gasteiger partial charge in [-0.3, -0.25) is 9.69 Å². The summed E-state index contributed by atoms with van der Waals surface area (Å²) in [5.41, 5.74) is -0.157. The first-order valence-corrected chi connectivity index (χ1v) is 7.84. The average molecular weight is 377 g/mol. The third kappa shape index (κ3) is 2.74. The Morgan fingerprint density at radius 1 is 1.17 bits per heavy atom. The minimum absolute atomic E-state index is 0.105. The van der Waals surface area contributed by atoms with E-state index in [1.54, 1.807) is 43.3 Å². The molecule has 1 atom stereocenters. The van der Waals surface area contributed by atoms with Crippen LogP contribution in [0.1, 0.15) is 18.1 Å². The number of carbonyl (C=O) groups is 2. The van der Waals surface area contributed by atoms with Crippen molar-refractivity contribution >= 4 is 27.9 Å². The Hall–Kier alpha value is -2.21. The number of carbonyl (C=O) groups excluding carboxylic acids is 2. The summed E-state index contributed by atoms with van der Waals surface area (Å²) in [5.74, 6) is -0.857. The molecule has 0 aliphatic carbocycles. The van der Waals surface area contributed by atoms with Crippen LogP contribution in [0, 0.1) is 5.82 Å². The molecular formula is C17H14BrFN2O2. The average Bonchev–Trinajstić information content (AvgIpc) is 2.75. The highest BCUT2D eigenvalue weighted by Crippen LogP contribution is 2.30. The molecule has 1 N–H and O–H groups in total. The molecule has 1 saturated heterocycles. The van der Waals surface area contributed by atoms with E-state index < -0.39 is 23.3 Å². The molecule has 6 heteroatoms. The second-order valence-electron chi connectivity index (χ2n) is 5.55. The molecule has 2 aromatic rings. The standard InChI is InChI=1S/C17H14BrFN2O2/c1-17(12-5-3-2-4-6-12)15(22)21(16(23)20-17)10-11-7-8-13(18)9-14(11)19/h2-9H,10H2,1H3,(H,20,23)/t17-/m1/s1. The summed E-state index contributed by atoms with van der Waals surface area (Å²) in [7, 11) is 0. The van der Waals surface area contributed by atoms with Gasteiger partial charge in [-0.15, -0.1) is 0 Å². The van der Waals surface area contributed by atoms with Gasteiger partial charge in [-0.25, -0.2) is 9.18 Å². The molecule has 2 aromatic carbocycles. The molecular weight excluding hydrogens is 363 g/mol. The van der Waals surface area contributed by atoms with E-state index >= 15 is 0 Å². The summed E-state index contributed by atoms with van der Waals surface area (Å²) in [6.07, 6.45) is 0. The molecule has 0 spiro atoms. The Morgan fingerprint density at radius 2 is 1.87 bits per heavy atom. The van der Waals surface area contributed by atoms with Crippen LogP contribution in [-0.4, -0.2) is 16.8 Å². The Bertz CT molecular complexity index is 781. The molecule has 23 heavy (non-hydrogen) atoms. The first kappa shape index (κ1) is 15.7. The first-order chi connectivity index (χ1) is 10.9. The monoisotopic (exact) mass is 376 g/mol. The number of nitrogens with zero attached hydrogens (tertiary/aromatic N) is 1. The molecule has 1 heterocycles. The summed E-state index contributed by atoms with van der Waals surface area (Å²) in [6, 6.07) is 13.0. The lowest BCUT2D eigenvalue weighted by molar-refractivity contribution is -0.131. The number of urea groups is 1. The topological polar surface area (TPSA) is 49.4 Å². The van der Waals surface area contributed by atoms with Gasteiger partial charge in [0.1, 0.15) is 11.4 Å². The van der Waals surface area contributed by atoms with Crippen LogP contribution in [0.4, 0.5) is 9.18 Å². The minimum Gasteiger partial charge on any atom is -0.319 e. The maximum atomic E-state index is 14.0. The lowest BCUT2D eigenvalue weighted by Gasteiger charge is -2.22. The van der Waals surface area contributed by atoms with Crippen molar-refractivity contribution in [3.05, 3.63) is 69.9 Å². The molecule has 118 valence electrons. The highest BCUT2D eigenvalue weighted by molar-refractivity contribution is 9.10. The second-order valence-corrected chi connectivity index (χ2v) is 6.46. The van der Waals surface area contributed by atoms with Gasteiger partial charge in [0.15, 0.2) is 0 Å². The zero-order valence-corrected chi connectivity index (χ0v) is 13.9. The molecule has 1 fully saturated rings. The maximum Gasteiger partial charge on any atom is 0.325 e. The first-order valence-electron chi connectivity index (χ1n) is 7.05. The van der Waals surface area contributed by atoms with Crippen molar-refractivity contribution in [2.45, 2.75) is 19.0 Å². The van der Waals surface area contributed by atoms with E-state index in [-0.39, 0.29) is 12.1 Å². The van der Waals surface area contributed by atoms with Crippen LogP contribution in [0.5, 0.6) is 0 Å². The SMILES string of the molecule is C[C@]1(c2ccccc2)NC(=O)N(Cc2ccc(Br)cc2F)C1=O. The number of hydrogen-bond donors (Lipinski definition) is 1. The van der Waals surface area contributed by atoms with Gasteiger partial charge >= 0.3 is 6.03 Å². The fourth-order valence-corrected chi connectivity index (χ4v) is 2.96. The summed E-state index contributed by atoms with van der Waals surface area (Å²) >= 11 is 3.18. The third-order valence-corrected chi connectivity index (χ3v) is 4.46. The third-order valence-electron chi connectivity index (χ3n) is 3.97. The zero-order valence-electron chi connectivity index (χ0n) is 12.3. The smallest absolute Gasteiger partial charge is 0.319 e. The van der Waals surface area contributed by atoms with Gasteiger partial charge in [-0.2, -0.15) is 0 Å². The molecule has 0 radical (unpaired) electrons. The molecule has 3 amide bonds. The number of rotatable bonds is 3. The maximum absolute atomic E-state index is 14.0. The molecule has 3 rings (SSSR count). The van der Waals surface area contributed by atoms with Crippen molar-refractivity contribution in [2.24, 2.45) is 0 Å². The highest BCUT2D eigenvalue weighted by atomic mass is 79.9. The molecule has 1 aliphatic heterocycles. The molecule has 0 saturated carbocycles. The number of halogens is 2. The van der Waals surface area contributed by atoms with Crippen molar-refractivity contribution in [3.8, 4) is 0 Å². The molecule has 4 nitrogen and oxygen atoms in total. The van der Waals surface area contributed by atoms with Crippen LogP contribution in [-0.2, 0) is 16.9 Å². The second kappa shape index (κ2) is 5.77. The fourth-order valence-electron chi connectivity index (χ4n) is 2.63. The largest absolute Gasteiger partial charge is 0.325 e. The number of hydrogen-bond acceptors (Lipinski definition) is 2. The molecule has 0 bridgehead atoms. The van der Waals surface area contributed by atoms with Gasteiger partial charge in [-0.05, 0) is 24.6 Å². The van der Waals surface area contributed by atoms with Crippen LogP contribution in [0.2, 0.25) is 0 Å². The number of imide groups is 1. The predicted molar refractivity (Wildman–Crippen MR) is 87.0 cm³/mol. The summed E-state index contributed by atoms with van der Waals surface area (Å²) < 4.78 is 14.6. The van der Waals surface area contributed by atoms with Gasteiger partial charge in [-0.1, -0.05) is 52.3 Å². The van der Waals surface area contributed by atoms with Gasteiger partial charge in [0, 0.05) is 10.0 Å². The zero-order chi connectivity index (χ0) is 16.6. The fraction of sp³-hybridized carbons (Fsp3) is 0.176. The van der Waals surface area contributed by atoms with Crippen LogP contribution >= 0.6 is 15.9 Å². The van der Waals surface area contributed by atoms with E-state index in [1.165, 1.54) is 6.07 Å². The Morgan fingerprint density at radius 3 is 2.52 bits per heavy atom. The Labute approximate surface area is 141 Å². The molecule has 1 aliphatic rings. The normalized spacial score (nSPS) is 20.7. The Kier molecular flexibility index (Phi) is 3.93. The van der Waals surface area contributed by atoms with Crippen LogP contribution < -0.4 is 5.32 Å². The predicted octanol–water partition coefficient (Wildman–Crippen LogP) is 3.56. The summed E-state index contributed by atoms with van der Waals surface area (Å²) in [6.45, 7) is 1.55. The van der Waals surface area contributed by atoms with Crippen molar-refractivity contribution in [2.75, 3.05) is 0 Å². The van der Waals surface area contributed by atoms with Crippen LogP contribution in [0.25, 0.3) is 0 Å². The van der Waals surface area contributed by atoms with Crippen molar-refractivity contribution < 1.29 is 14.0 Å². The number of nitrogens with one attached hydrogen (secondary N) is 1. The Balaban J connectivity index is 1.90. The van der Waals surface area contributed by atoms with Gasteiger partial charge in [0.05, 0.1) is 6.54 Å². The van der Waals surface area contributed by atoms with E-state index in [9.17, 15) is 14.0 Å². The van der Waals surface area contributed by atoms with Crippen molar-refractivity contribution in [3.63, 3.8) is 0 Å². The lowest BCUT2D eigenvalue weighted by Crippen LogP contribution is -2.40. The molecule has 0 unspecified atom stereocenters. The summed E-state index contributed by atoms with van der Waals surface area (Å²) in [5, 5.41) is 2.70. The lowest BCUT2D eigenvalue weighted by atomic mass is 9.92. The van der Waals surface area contributed by atoms with E-state index in [0.717, 1.165) is 4.90 Å². The van der Waals surface area contributed by atoms with Gasteiger partial charge < -0.3 is 5.32 Å². The van der Waals surface area contributed by atoms with Crippen molar-refractivity contribution in [1.82, 2.24) is 10.2 Å². The molecule has 0 aromatic heterocycles. The van der Waals surface area contributed by atoms with Crippen LogP contribution in [0.3, 0.4) is 0 Å². The quantitative estimate of drug-likeness (QED) is 0.832. The van der Waals surface area contributed by atoms with Gasteiger partial charge in [0.25, 0.3) is 5.91 Å². The van der Waals surface area contributed by atoms with Crippen LogP contribution in [0.15, 0.2) is 53.0 Å². The summed E-state index contributed by atoms with van der Waals surface area (Å²) in [4.78, 5) is 26.0. The highest BCUT2D eigenvalue weighted by Gasteiger charge is 2.48. The van der Waals surface area contributed by atoms with Crippen molar-refractivity contribution in [1.29, 1.82) is 0 Å². The number of benzene rings is 2. The van der Waals surface area contributed by atoms with E-state index in [0.29, 0.717) is 10.0 Å². The van der Waals surface area contributed by atoms with E-state index in [1.807, 2.05) is 6.07 Å². The van der Waals surface area contributed by atoms with E-state index in [4.69, 9.17) is 0 Å². The van der Waals surface area contributed by atoms with Gasteiger partial charge in [0.2, 0.25) is 0 Å². The number of amides is 3.